The Kier molecular flexibility index (Phi) is 4.12. The minimum Gasteiger partial charge on any atom is -0.335 e. The Hall–Kier alpha value is -2.32. The second kappa shape index (κ2) is 6.20. The maximum atomic E-state index is 12.4. The Morgan fingerprint density at radius 2 is 2.14 bits per heavy atom. The molecule has 7 nitrogen and oxygen atoms in total. The molecule has 1 aliphatic rings. The molecule has 8 heteroatoms. The number of benzene rings is 1. The molecule has 114 valence electrons. The zero-order chi connectivity index (χ0) is 15.5. The van der Waals surface area contributed by atoms with Crippen molar-refractivity contribution < 1.29 is 9.72 Å². The van der Waals surface area contributed by atoms with Gasteiger partial charge in [-0.2, -0.15) is 0 Å². The lowest BCUT2D eigenvalue weighted by molar-refractivity contribution is -0.384. The number of piperazine rings is 1. The Labute approximate surface area is 130 Å². The number of non-ortho nitro benzene ring substituents is 1. The predicted molar refractivity (Wildman–Crippen MR) is 83.0 cm³/mol. The summed E-state index contributed by atoms with van der Waals surface area (Å²) in [6.45, 7) is 2.91. The number of hydrogen-bond donors (Lipinski definition) is 1. The Bertz CT molecular complexity index is 710. The molecule has 1 N–H and O–H groups in total. The highest BCUT2D eigenvalue weighted by Crippen LogP contribution is 2.27. The number of rotatable bonds is 3. The third-order valence-electron chi connectivity index (χ3n) is 3.43. The van der Waals surface area contributed by atoms with Crippen LogP contribution >= 0.6 is 11.3 Å². The molecule has 2 heterocycles. The molecule has 1 aliphatic heterocycles. The summed E-state index contributed by atoms with van der Waals surface area (Å²) in [6.07, 6.45) is 0. The van der Waals surface area contributed by atoms with Crippen molar-refractivity contribution in [2.75, 3.05) is 26.2 Å². The lowest BCUT2D eigenvalue weighted by Crippen LogP contribution is -2.46. The van der Waals surface area contributed by atoms with Gasteiger partial charge in [-0.15, -0.1) is 11.3 Å². The molecular formula is C14H14N4O3S. The highest BCUT2D eigenvalue weighted by atomic mass is 32.1. The summed E-state index contributed by atoms with van der Waals surface area (Å²) in [7, 11) is 0. The number of thiazole rings is 1. The zero-order valence-corrected chi connectivity index (χ0v) is 12.5. The molecule has 1 aromatic carbocycles. The zero-order valence-electron chi connectivity index (χ0n) is 11.7. The Balaban J connectivity index is 1.82. The number of nitro groups is 1. The fraction of sp³-hybridized carbons (Fsp3) is 0.286. The number of carbonyl (C=O) groups excluding carboxylic acids is 1. The van der Waals surface area contributed by atoms with Crippen molar-refractivity contribution in [3.8, 4) is 10.6 Å². The molecule has 0 radical (unpaired) electrons. The molecule has 1 saturated heterocycles. The fourth-order valence-electron chi connectivity index (χ4n) is 2.29. The molecule has 0 unspecified atom stereocenters. The standard InChI is InChI=1S/C14H14N4O3S/c19-14(17-6-4-15-5-7-17)12-9-22-13(16-12)10-2-1-3-11(8-10)18(20)21/h1-3,8-9,15H,4-7H2. The van der Waals surface area contributed by atoms with Gasteiger partial charge in [-0.05, 0) is 0 Å². The van der Waals surface area contributed by atoms with Crippen LogP contribution in [0.1, 0.15) is 10.5 Å². The molecule has 0 bridgehead atoms. The van der Waals surface area contributed by atoms with Crippen LogP contribution in [-0.4, -0.2) is 46.9 Å². The maximum Gasteiger partial charge on any atom is 0.273 e. The monoisotopic (exact) mass is 318 g/mol. The molecule has 3 rings (SSSR count). The third-order valence-corrected chi connectivity index (χ3v) is 4.32. The van der Waals surface area contributed by atoms with E-state index in [1.807, 2.05) is 0 Å². The highest BCUT2D eigenvalue weighted by Gasteiger charge is 2.21. The smallest absolute Gasteiger partial charge is 0.273 e. The number of nitro benzene ring substituents is 1. The summed E-state index contributed by atoms with van der Waals surface area (Å²) in [6, 6.07) is 6.28. The normalized spacial score (nSPS) is 14.8. The van der Waals surface area contributed by atoms with Crippen LogP contribution in [-0.2, 0) is 0 Å². The molecule has 1 aromatic heterocycles. The second-order valence-corrected chi connectivity index (χ2v) is 5.75. The van der Waals surface area contributed by atoms with Gasteiger partial charge < -0.3 is 10.2 Å². The van der Waals surface area contributed by atoms with Gasteiger partial charge in [0, 0.05) is 49.3 Å². The van der Waals surface area contributed by atoms with E-state index >= 15 is 0 Å². The lowest BCUT2D eigenvalue weighted by atomic mass is 10.2. The van der Waals surface area contributed by atoms with Crippen LogP contribution in [0.25, 0.3) is 10.6 Å². The van der Waals surface area contributed by atoms with Gasteiger partial charge >= 0.3 is 0 Å². The molecule has 1 fully saturated rings. The van der Waals surface area contributed by atoms with Gasteiger partial charge in [0.1, 0.15) is 10.7 Å². The molecule has 22 heavy (non-hydrogen) atoms. The lowest BCUT2D eigenvalue weighted by Gasteiger charge is -2.26. The van der Waals surface area contributed by atoms with E-state index in [9.17, 15) is 14.9 Å². The predicted octanol–water partition coefficient (Wildman–Crippen LogP) is 1.76. The van der Waals surface area contributed by atoms with E-state index in [-0.39, 0.29) is 11.6 Å². The number of carbonyl (C=O) groups is 1. The van der Waals surface area contributed by atoms with Crippen LogP contribution in [0.2, 0.25) is 0 Å². The Morgan fingerprint density at radius 1 is 1.36 bits per heavy atom. The van der Waals surface area contributed by atoms with E-state index in [2.05, 4.69) is 10.3 Å². The van der Waals surface area contributed by atoms with Crippen molar-refractivity contribution in [2.24, 2.45) is 0 Å². The number of aromatic nitrogens is 1. The summed E-state index contributed by atoms with van der Waals surface area (Å²) in [5, 5.41) is 16.3. The van der Waals surface area contributed by atoms with Crippen LogP contribution in [0.4, 0.5) is 5.69 Å². The van der Waals surface area contributed by atoms with Crippen molar-refractivity contribution in [1.29, 1.82) is 0 Å². The number of amides is 1. The van der Waals surface area contributed by atoms with E-state index < -0.39 is 4.92 Å². The number of nitrogens with one attached hydrogen (secondary N) is 1. The Morgan fingerprint density at radius 3 is 2.86 bits per heavy atom. The van der Waals surface area contributed by atoms with Gasteiger partial charge in [0.25, 0.3) is 11.6 Å². The number of hydrogen-bond acceptors (Lipinski definition) is 6. The van der Waals surface area contributed by atoms with Crippen molar-refractivity contribution in [3.05, 3.63) is 45.5 Å². The summed E-state index contributed by atoms with van der Waals surface area (Å²) in [4.78, 5) is 28.8. The van der Waals surface area contributed by atoms with Gasteiger partial charge in [-0.3, -0.25) is 14.9 Å². The first kappa shape index (κ1) is 14.6. The molecule has 1 amide bonds. The number of nitrogens with zero attached hydrogens (tertiary/aromatic N) is 3. The van der Waals surface area contributed by atoms with Gasteiger partial charge in [0.05, 0.1) is 4.92 Å². The quantitative estimate of drug-likeness (QED) is 0.688. The van der Waals surface area contributed by atoms with Crippen molar-refractivity contribution in [2.45, 2.75) is 0 Å². The highest BCUT2D eigenvalue weighted by molar-refractivity contribution is 7.13. The van der Waals surface area contributed by atoms with Gasteiger partial charge in [-0.25, -0.2) is 4.98 Å². The van der Waals surface area contributed by atoms with Crippen LogP contribution in [0.15, 0.2) is 29.6 Å². The van der Waals surface area contributed by atoms with E-state index in [1.165, 1.54) is 23.5 Å². The van der Waals surface area contributed by atoms with Crippen molar-refractivity contribution in [3.63, 3.8) is 0 Å². The van der Waals surface area contributed by atoms with Gasteiger partial charge in [0.15, 0.2) is 0 Å². The first-order valence-electron chi connectivity index (χ1n) is 6.85. The first-order valence-corrected chi connectivity index (χ1v) is 7.73. The average molecular weight is 318 g/mol. The van der Waals surface area contributed by atoms with E-state index in [0.29, 0.717) is 29.4 Å². The minimum absolute atomic E-state index is 0.0164. The first-order chi connectivity index (χ1) is 10.6. The molecule has 0 atom stereocenters. The van der Waals surface area contributed by atoms with E-state index in [0.717, 1.165) is 13.1 Å². The molecule has 0 spiro atoms. The molecule has 0 aliphatic carbocycles. The average Bonchev–Trinajstić information content (AvgIpc) is 3.05. The summed E-state index contributed by atoms with van der Waals surface area (Å²) < 4.78 is 0. The van der Waals surface area contributed by atoms with Gasteiger partial charge in [0.2, 0.25) is 0 Å². The minimum atomic E-state index is -0.441. The van der Waals surface area contributed by atoms with Crippen LogP contribution in [0, 0.1) is 10.1 Å². The van der Waals surface area contributed by atoms with Crippen LogP contribution in [0.5, 0.6) is 0 Å². The topological polar surface area (TPSA) is 88.4 Å². The van der Waals surface area contributed by atoms with Crippen LogP contribution in [0.3, 0.4) is 0 Å². The summed E-state index contributed by atoms with van der Waals surface area (Å²) >= 11 is 1.32. The van der Waals surface area contributed by atoms with Crippen molar-refractivity contribution >= 4 is 22.9 Å². The second-order valence-electron chi connectivity index (χ2n) is 4.89. The molecule has 0 saturated carbocycles. The van der Waals surface area contributed by atoms with Crippen LogP contribution < -0.4 is 5.32 Å². The fourth-order valence-corrected chi connectivity index (χ4v) is 3.08. The van der Waals surface area contributed by atoms with Crippen molar-refractivity contribution in [1.82, 2.24) is 15.2 Å². The molecule has 2 aromatic rings. The SMILES string of the molecule is O=C(c1csc(-c2cccc([N+](=O)[O-])c2)n1)N1CCNCC1. The summed E-state index contributed by atoms with van der Waals surface area (Å²) in [5.74, 6) is -0.0885. The molecular weight excluding hydrogens is 304 g/mol. The maximum absolute atomic E-state index is 12.4. The summed E-state index contributed by atoms with van der Waals surface area (Å²) in [5.41, 5.74) is 1.06. The van der Waals surface area contributed by atoms with E-state index in [1.54, 1.807) is 22.4 Å². The van der Waals surface area contributed by atoms with E-state index in [4.69, 9.17) is 0 Å². The largest absolute Gasteiger partial charge is 0.335 e. The third kappa shape index (κ3) is 2.97. The van der Waals surface area contributed by atoms with Gasteiger partial charge in [-0.1, -0.05) is 12.1 Å².